The Morgan fingerprint density at radius 2 is 2.00 bits per heavy atom. The van der Waals surface area contributed by atoms with Crippen molar-refractivity contribution in [3.63, 3.8) is 0 Å². The van der Waals surface area contributed by atoms with Crippen molar-refractivity contribution in [2.75, 3.05) is 0 Å². The summed E-state index contributed by atoms with van der Waals surface area (Å²) in [5, 5.41) is 10.5. The standard InChI is InChI=1S/C17H18ClFOS/c18-13-8-11(6-7-14(13)19)9-15(20)17-10-12-4-2-1-3-5-16(12)21-17/h6-8,10,15,20H,1-5,9H2. The Morgan fingerprint density at radius 3 is 2.81 bits per heavy atom. The maximum atomic E-state index is 13.2. The number of fused-ring (bicyclic) bond motifs is 1. The van der Waals surface area contributed by atoms with Gasteiger partial charge in [-0.1, -0.05) is 24.1 Å². The molecule has 1 unspecified atom stereocenters. The molecule has 1 heterocycles. The van der Waals surface area contributed by atoms with Crippen molar-refractivity contribution in [1.82, 2.24) is 0 Å². The van der Waals surface area contributed by atoms with Gasteiger partial charge in [-0.3, -0.25) is 0 Å². The molecule has 1 aromatic heterocycles. The van der Waals surface area contributed by atoms with Crippen LogP contribution in [0.1, 0.15) is 46.2 Å². The lowest BCUT2D eigenvalue weighted by atomic mass is 10.1. The molecule has 0 saturated carbocycles. The quantitative estimate of drug-likeness (QED) is 0.780. The van der Waals surface area contributed by atoms with E-state index < -0.39 is 11.9 Å². The van der Waals surface area contributed by atoms with Crippen LogP contribution < -0.4 is 0 Å². The highest BCUT2D eigenvalue weighted by Crippen LogP contribution is 2.33. The lowest BCUT2D eigenvalue weighted by Crippen LogP contribution is -2.00. The fourth-order valence-corrected chi connectivity index (χ4v) is 4.29. The molecule has 0 fully saturated rings. The van der Waals surface area contributed by atoms with Gasteiger partial charge >= 0.3 is 0 Å². The average Bonchev–Trinajstić information content (AvgIpc) is 2.74. The Balaban J connectivity index is 1.75. The van der Waals surface area contributed by atoms with Crippen LogP contribution in [0, 0.1) is 5.82 Å². The second-order valence-corrected chi connectivity index (χ2v) is 7.20. The van der Waals surface area contributed by atoms with Crippen LogP contribution in [0.2, 0.25) is 5.02 Å². The van der Waals surface area contributed by atoms with E-state index in [4.69, 9.17) is 11.6 Å². The molecule has 1 nitrogen and oxygen atoms in total. The molecule has 0 bridgehead atoms. The summed E-state index contributed by atoms with van der Waals surface area (Å²) in [5.74, 6) is -0.419. The van der Waals surface area contributed by atoms with Crippen molar-refractivity contribution in [3.05, 3.63) is 56.0 Å². The van der Waals surface area contributed by atoms with E-state index in [2.05, 4.69) is 6.07 Å². The monoisotopic (exact) mass is 324 g/mol. The SMILES string of the molecule is OC(Cc1ccc(F)c(Cl)c1)c1cc2c(s1)CCCCC2. The summed E-state index contributed by atoms with van der Waals surface area (Å²) in [6.45, 7) is 0. The second kappa shape index (κ2) is 6.47. The number of thiophene rings is 1. The highest BCUT2D eigenvalue weighted by Gasteiger charge is 2.17. The zero-order valence-electron chi connectivity index (χ0n) is 11.7. The van der Waals surface area contributed by atoms with Crippen LogP contribution in [-0.4, -0.2) is 5.11 Å². The van der Waals surface area contributed by atoms with Crippen LogP contribution in [0.25, 0.3) is 0 Å². The van der Waals surface area contributed by atoms with Gasteiger partial charge in [0.1, 0.15) is 5.82 Å². The van der Waals surface area contributed by atoms with Gasteiger partial charge in [0, 0.05) is 16.2 Å². The zero-order chi connectivity index (χ0) is 14.8. The predicted octanol–water partition coefficient (Wildman–Crippen LogP) is 5.09. The molecule has 0 radical (unpaired) electrons. The second-order valence-electron chi connectivity index (χ2n) is 5.63. The van der Waals surface area contributed by atoms with Crippen LogP contribution in [0.4, 0.5) is 4.39 Å². The number of rotatable bonds is 3. The highest BCUT2D eigenvalue weighted by atomic mass is 35.5. The van der Waals surface area contributed by atoms with Crippen molar-refractivity contribution in [1.29, 1.82) is 0 Å². The van der Waals surface area contributed by atoms with Crippen molar-refractivity contribution in [2.45, 2.75) is 44.6 Å². The lowest BCUT2D eigenvalue weighted by Gasteiger charge is -2.09. The first-order chi connectivity index (χ1) is 10.1. The summed E-state index contributed by atoms with van der Waals surface area (Å²) < 4.78 is 13.2. The minimum Gasteiger partial charge on any atom is -0.387 e. The van der Waals surface area contributed by atoms with E-state index in [1.807, 2.05) is 0 Å². The molecule has 0 amide bonds. The fourth-order valence-electron chi connectivity index (χ4n) is 2.85. The minimum absolute atomic E-state index is 0.113. The van der Waals surface area contributed by atoms with Crippen LogP contribution >= 0.6 is 22.9 Å². The molecule has 1 aliphatic carbocycles. The van der Waals surface area contributed by atoms with Gasteiger partial charge in [0.25, 0.3) is 0 Å². The fraction of sp³-hybridized carbons (Fsp3) is 0.412. The number of aliphatic hydroxyl groups is 1. The molecule has 1 atom stereocenters. The Morgan fingerprint density at radius 1 is 1.19 bits per heavy atom. The van der Waals surface area contributed by atoms with Crippen molar-refractivity contribution < 1.29 is 9.50 Å². The predicted molar refractivity (Wildman–Crippen MR) is 85.7 cm³/mol. The number of aryl methyl sites for hydroxylation is 2. The van der Waals surface area contributed by atoms with Gasteiger partial charge in [0.05, 0.1) is 11.1 Å². The summed E-state index contributed by atoms with van der Waals surface area (Å²) >= 11 is 7.52. The highest BCUT2D eigenvalue weighted by molar-refractivity contribution is 7.12. The number of hydrogen-bond acceptors (Lipinski definition) is 2. The summed E-state index contributed by atoms with van der Waals surface area (Å²) in [5.41, 5.74) is 2.26. The van der Waals surface area contributed by atoms with Gasteiger partial charge < -0.3 is 5.11 Å². The van der Waals surface area contributed by atoms with E-state index in [-0.39, 0.29) is 5.02 Å². The summed E-state index contributed by atoms with van der Waals surface area (Å²) in [4.78, 5) is 2.45. The normalized spacial score (nSPS) is 16.3. The molecule has 21 heavy (non-hydrogen) atoms. The van der Waals surface area contributed by atoms with E-state index in [1.165, 1.54) is 35.8 Å². The largest absolute Gasteiger partial charge is 0.387 e. The lowest BCUT2D eigenvalue weighted by molar-refractivity contribution is 0.182. The number of hydrogen-bond donors (Lipinski definition) is 1. The van der Waals surface area contributed by atoms with Gasteiger partial charge in [-0.25, -0.2) is 4.39 Å². The molecule has 0 spiro atoms. The van der Waals surface area contributed by atoms with E-state index >= 15 is 0 Å². The Labute approximate surface area is 133 Å². The van der Waals surface area contributed by atoms with Crippen LogP contribution in [0.3, 0.4) is 0 Å². The van der Waals surface area contributed by atoms with Gasteiger partial charge in [0.15, 0.2) is 0 Å². The van der Waals surface area contributed by atoms with E-state index in [0.717, 1.165) is 23.3 Å². The molecule has 1 N–H and O–H groups in total. The number of aliphatic hydroxyl groups excluding tert-OH is 1. The summed E-state index contributed by atoms with van der Waals surface area (Å²) in [6, 6.07) is 6.79. The zero-order valence-corrected chi connectivity index (χ0v) is 13.3. The van der Waals surface area contributed by atoms with E-state index in [9.17, 15) is 9.50 Å². The van der Waals surface area contributed by atoms with Gasteiger partial charge in [0.2, 0.25) is 0 Å². The summed E-state index contributed by atoms with van der Waals surface area (Å²) in [6.07, 6.45) is 5.98. The van der Waals surface area contributed by atoms with E-state index in [1.54, 1.807) is 23.5 Å². The Hall–Kier alpha value is -0.900. The number of halogens is 2. The molecule has 2 aromatic rings. The van der Waals surface area contributed by atoms with Crippen LogP contribution in [-0.2, 0) is 19.3 Å². The van der Waals surface area contributed by atoms with Crippen LogP contribution in [0.15, 0.2) is 24.3 Å². The third-order valence-electron chi connectivity index (χ3n) is 4.01. The summed E-state index contributed by atoms with van der Waals surface area (Å²) in [7, 11) is 0. The van der Waals surface area contributed by atoms with Gasteiger partial charge in [-0.2, -0.15) is 0 Å². The molecule has 112 valence electrons. The Bertz CT molecular complexity index is 614. The first-order valence-electron chi connectivity index (χ1n) is 7.37. The maximum Gasteiger partial charge on any atom is 0.141 e. The molecule has 1 aromatic carbocycles. The minimum atomic E-state index is -0.538. The average molecular weight is 325 g/mol. The molecular weight excluding hydrogens is 307 g/mol. The van der Waals surface area contributed by atoms with Crippen molar-refractivity contribution in [2.24, 2.45) is 0 Å². The van der Waals surface area contributed by atoms with Gasteiger partial charge in [-0.05, 0) is 55.0 Å². The van der Waals surface area contributed by atoms with Crippen molar-refractivity contribution >= 4 is 22.9 Å². The third-order valence-corrected chi connectivity index (χ3v) is 5.64. The molecular formula is C17H18ClFOS. The van der Waals surface area contributed by atoms with Crippen LogP contribution in [0.5, 0.6) is 0 Å². The van der Waals surface area contributed by atoms with Crippen molar-refractivity contribution in [3.8, 4) is 0 Å². The first kappa shape index (κ1) is 15.0. The molecule has 0 aliphatic heterocycles. The first-order valence-corrected chi connectivity index (χ1v) is 8.56. The molecule has 3 rings (SSSR count). The molecule has 0 saturated heterocycles. The Kier molecular flexibility index (Phi) is 4.63. The number of benzene rings is 1. The molecule has 4 heteroatoms. The topological polar surface area (TPSA) is 20.2 Å². The third kappa shape index (κ3) is 3.47. The van der Waals surface area contributed by atoms with Gasteiger partial charge in [-0.15, -0.1) is 11.3 Å². The smallest absolute Gasteiger partial charge is 0.141 e. The van der Waals surface area contributed by atoms with E-state index in [0.29, 0.717) is 6.42 Å². The molecule has 1 aliphatic rings. The maximum absolute atomic E-state index is 13.2.